The maximum Gasteiger partial charge on any atom is 0.236 e. The number of aliphatic hydroxyl groups is 1. The molecule has 1 aliphatic rings. The van der Waals surface area contributed by atoms with Crippen molar-refractivity contribution < 1.29 is 9.90 Å². The van der Waals surface area contributed by atoms with Crippen LogP contribution in [0.1, 0.15) is 50.7 Å². The lowest BCUT2D eigenvalue weighted by Crippen LogP contribution is -2.40. The second-order valence-electron chi connectivity index (χ2n) is 5.52. The molecular formula is C16H24N2O2. The van der Waals surface area contributed by atoms with Crippen molar-refractivity contribution in [1.29, 1.82) is 0 Å². The molecule has 0 aromatic heterocycles. The summed E-state index contributed by atoms with van der Waals surface area (Å²) in [6.07, 6.45) is 4.72. The summed E-state index contributed by atoms with van der Waals surface area (Å²) in [6, 6.07) is 8.15. The Hall–Kier alpha value is -1.55. The Kier molecular flexibility index (Phi) is 5.01. The van der Waals surface area contributed by atoms with Crippen LogP contribution in [0.2, 0.25) is 0 Å². The van der Waals surface area contributed by atoms with Gasteiger partial charge in [-0.3, -0.25) is 4.79 Å². The molecule has 0 spiro atoms. The van der Waals surface area contributed by atoms with Gasteiger partial charge in [0.2, 0.25) is 5.91 Å². The molecule has 1 atom stereocenters. The van der Waals surface area contributed by atoms with Crippen LogP contribution in [0.15, 0.2) is 24.3 Å². The molecule has 4 heteroatoms. The van der Waals surface area contributed by atoms with Gasteiger partial charge in [0.25, 0.3) is 0 Å². The average Bonchev–Trinajstić information content (AvgIpc) is 2.97. The number of anilines is 1. The number of rotatable bonds is 6. The minimum atomic E-state index is -0.497. The first-order valence-corrected chi connectivity index (χ1v) is 7.45. The zero-order chi connectivity index (χ0) is 14.5. The van der Waals surface area contributed by atoms with Crippen LogP contribution in [0.5, 0.6) is 0 Å². The van der Waals surface area contributed by atoms with E-state index >= 15 is 0 Å². The van der Waals surface area contributed by atoms with Crippen molar-refractivity contribution in [3.8, 4) is 0 Å². The molecular weight excluding hydrogens is 252 g/mol. The first-order chi connectivity index (χ1) is 9.63. The fraction of sp³-hybridized carbons (Fsp3) is 0.562. The molecule has 1 fully saturated rings. The van der Waals surface area contributed by atoms with E-state index in [1.54, 1.807) is 0 Å². The Bertz CT molecular complexity index is 456. The van der Waals surface area contributed by atoms with Crippen LogP contribution in [0.3, 0.4) is 0 Å². The Labute approximate surface area is 120 Å². The number of amides is 1. The molecule has 0 radical (unpaired) electrons. The van der Waals surface area contributed by atoms with E-state index in [-0.39, 0.29) is 12.5 Å². The number of para-hydroxylation sites is 1. The smallest absolute Gasteiger partial charge is 0.236 e. The maximum atomic E-state index is 11.4. The van der Waals surface area contributed by atoms with Crippen molar-refractivity contribution in [2.45, 2.75) is 51.2 Å². The van der Waals surface area contributed by atoms with Crippen LogP contribution in [-0.2, 0) is 4.79 Å². The molecule has 1 aromatic rings. The topological polar surface area (TPSA) is 66.6 Å². The third-order valence-corrected chi connectivity index (χ3v) is 4.08. The maximum absolute atomic E-state index is 11.4. The van der Waals surface area contributed by atoms with Crippen molar-refractivity contribution in [2.24, 2.45) is 5.73 Å². The second kappa shape index (κ2) is 6.75. The number of aliphatic hydroxyl groups excluding tert-OH is 1. The van der Waals surface area contributed by atoms with Crippen LogP contribution < -0.4 is 10.6 Å². The molecule has 110 valence electrons. The Balaban J connectivity index is 2.34. The molecule has 0 heterocycles. The van der Waals surface area contributed by atoms with Gasteiger partial charge in [0.15, 0.2) is 0 Å². The predicted octanol–water partition coefficient (Wildman–Crippen LogP) is 2.36. The summed E-state index contributed by atoms with van der Waals surface area (Å²) in [7, 11) is 0. The minimum absolute atomic E-state index is 0.220. The Morgan fingerprint density at radius 2 is 2.05 bits per heavy atom. The third kappa shape index (κ3) is 3.31. The van der Waals surface area contributed by atoms with Crippen molar-refractivity contribution in [1.82, 2.24) is 0 Å². The number of benzene rings is 1. The highest BCUT2D eigenvalue weighted by Crippen LogP contribution is 2.33. The fourth-order valence-electron chi connectivity index (χ4n) is 3.05. The molecule has 2 rings (SSSR count). The van der Waals surface area contributed by atoms with Gasteiger partial charge in [0.05, 0.1) is 12.6 Å². The fourth-order valence-corrected chi connectivity index (χ4v) is 3.05. The highest BCUT2D eigenvalue weighted by Gasteiger charge is 2.26. The quantitative estimate of drug-likeness (QED) is 0.838. The van der Waals surface area contributed by atoms with Gasteiger partial charge in [0, 0.05) is 17.3 Å². The van der Waals surface area contributed by atoms with Gasteiger partial charge < -0.3 is 15.7 Å². The molecule has 0 saturated heterocycles. The van der Waals surface area contributed by atoms with Crippen molar-refractivity contribution in [2.75, 3.05) is 11.4 Å². The molecule has 1 saturated carbocycles. The van der Waals surface area contributed by atoms with E-state index in [9.17, 15) is 9.90 Å². The van der Waals surface area contributed by atoms with Crippen LogP contribution in [0.25, 0.3) is 0 Å². The zero-order valence-electron chi connectivity index (χ0n) is 12.1. The lowest BCUT2D eigenvalue weighted by molar-refractivity contribution is -0.116. The van der Waals surface area contributed by atoms with Crippen LogP contribution in [0, 0.1) is 0 Å². The van der Waals surface area contributed by atoms with Gasteiger partial charge in [-0.15, -0.1) is 0 Å². The number of carbonyl (C=O) groups excluding carboxylic acids is 1. The van der Waals surface area contributed by atoms with Crippen LogP contribution >= 0.6 is 0 Å². The molecule has 4 nitrogen and oxygen atoms in total. The molecule has 0 bridgehead atoms. The number of hydrogen-bond donors (Lipinski definition) is 2. The number of carbonyl (C=O) groups is 1. The van der Waals surface area contributed by atoms with Gasteiger partial charge in [0.1, 0.15) is 0 Å². The number of nitrogens with two attached hydrogens (primary N) is 1. The Morgan fingerprint density at radius 3 is 2.65 bits per heavy atom. The minimum Gasteiger partial charge on any atom is -0.388 e. The number of hydrogen-bond acceptors (Lipinski definition) is 3. The largest absolute Gasteiger partial charge is 0.388 e. The first-order valence-electron chi connectivity index (χ1n) is 7.45. The standard InChI is InChI=1S/C16H24N2O2/c1-2-15(19)13-9-5-6-10-14(13)18(11-16(17)20)12-7-3-4-8-12/h5-6,9-10,12,15,19H,2-4,7-8,11H2,1H3,(H2,17,20)/t15-/m0/s1. The summed E-state index contributed by atoms with van der Waals surface area (Å²) < 4.78 is 0. The van der Waals surface area contributed by atoms with Crippen molar-refractivity contribution >= 4 is 11.6 Å². The summed E-state index contributed by atoms with van der Waals surface area (Å²) in [5.74, 6) is -0.322. The van der Waals surface area contributed by atoms with Gasteiger partial charge in [-0.05, 0) is 25.3 Å². The molecule has 1 aromatic carbocycles. The SMILES string of the molecule is CC[C@H](O)c1ccccc1N(CC(N)=O)C1CCCC1. The summed E-state index contributed by atoms with van der Waals surface area (Å²) >= 11 is 0. The molecule has 20 heavy (non-hydrogen) atoms. The summed E-state index contributed by atoms with van der Waals surface area (Å²) in [5.41, 5.74) is 7.26. The average molecular weight is 276 g/mol. The highest BCUT2D eigenvalue weighted by atomic mass is 16.3. The molecule has 0 aliphatic heterocycles. The van der Waals surface area contributed by atoms with E-state index in [1.165, 1.54) is 12.8 Å². The predicted molar refractivity (Wildman–Crippen MR) is 80.5 cm³/mol. The van der Waals surface area contributed by atoms with E-state index < -0.39 is 6.10 Å². The van der Waals surface area contributed by atoms with Crippen LogP contribution in [0.4, 0.5) is 5.69 Å². The summed E-state index contributed by atoms with van der Waals surface area (Å²) in [5, 5.41) is 10.2. The lowest BCUT2D eigenvalue weighted by atomic mass is 10.0. The Morgan fingerprint density at radius 1 is 1.40 bits per heavy atom. The molecule has 1 aliphatic carbocycles. The highest BCUT2D eigenvalue weighted by molar-refractivity contribution is 5.80. The zero-order valence-corrected chi connectivity index (χ0v) is 12.1. The van der Waals surface area contributed by atoms with Gasteiger partial charge in [-0.25, -0.2) is 0 Å². The molecule has 3 N–H and O–H groups in total. The first kappa shape index (κ1) is 14.9. The number of primary amides is 1. The lowest BCUT2D eigenvalue weighted by Gasteiger charge is -2.32. The van der Waals surface area contributed by atoms with E-state index in [0.717, 1.165) is 24.1 Å². The molecule has 1 amide bonds. The molecule has 0 unspecified atom stereocenters. The van der Waals surface area contributed by atoms with Crippen molar-refractivity contribution in [3.05, 3.63) is 29.8 Å². The number of nitrogens with zero attached hydrogens (tertiary/aromatic N) is 1. The second-order valence-corrected chi connectivity index (χ2v) is 5.52. The normalized spacial score (nSPS) is 17.1. The van der Waals surface area contributed by atoms with E-state index in [1.807, 2.05) is 31.2 Å². The van der Waals surface area contributed by atoms with E-state index in [2.05, 4.69) is 4.90 Å². The summed E-state index contributed by atoms with van der Waals surface area (Å²) in [6.45, 7) is 2.17. The van der Waals surface area contributed by atoms with Gasteiger partial charge in [-0.2, -0.15) is 0 Å². The monoisotopic (exact) mass is 276 g/mol. The van der Waals surface area contributed by atoms with E-state index in [4.69, 9.17) is 5.73 Å². The third-order valence-electron chi connectivity index (χ3n) is 4.08. The summed E-state index contributed by atoms with van der Waals surface area (Å²) in [4.78, 5) is 13.5. The van der Waals surface area contributed by atoms with Gasteiger partial charge >= 0.3 is 0 Å². The van der Waals surface area contributed by atoms with Gasteiger partial charge in [-0.1, -0.05) is 38.0 Å². The van der Waals surface area contributed by atoms with E-state index in [0.29, 0.717) is 12.5 Å². The van der Waals surface area contributed by atoms with Crippen molar-refractivity contribution in [3.63, 3.8) is 0 Å². The van der Waals surface area contributed by atoms with Crippen LogP contribution in [-0.4, -0.2) is 23.6 Å².